The summed E-state index contributed by atoms with van der Waals surface area (Å²) in [5.74, 6) is 2.81. The topological polar surface area (TPSA) is 302 Å². The summed E-state index contributed by atoms with van der Waals surface area (Å²) < 4.78 is 56.7. The third kappa shape index (κ3) is 26.7. The molecule has 0 bridgehead atoms. The molecule has 580 valence electrons. The first-order chi connectivity index (χ1) is 53.9. The van der Waals surface area contributed by atoms with Crippen molar-refractivity contribution in [3.05, 3.63) is 239 Å². The van der Waals surface area contributed by atoms with Gasteiger partial charge in [-0.15, -0.1) is 0 Å². The molecular weight excluding hydrogens is 1600 g/mol. The third-order valence-corrected chi connectivity index (χ3v) is 21.0. The Bertz CT molecular complexity index is 4250. The van der Waals surface area contributed by atoms with Gasteiger partial charge in [-0.3, -0.25) is 64.0 Å². The predicted octanol–water partition coefficient (Wildman–Crippen LogP) is 14.8. The largest absolute Gasteiger partial charge is 0.345 e. The van der Waals surface area contributed by atoms with Crippen molar-refractivity contribution < 1.29 is 66.5 Å². The molecule has 2 N–H and O–H groups in total. The van der Waals surface area contributed by atoms with Gasteiger partial charge in [0.05, 0.1) is 94.9 Å². The second-order valence-corrected chi connectivity index (χ2v) is 29.6. The van der Waals surface area contributed by atoms with Crippen molar-refractivity contribution in [3.63, 3.8) is 0 Å². The highest BCUT2D eigenvalue weighted by Crippen LogP contribution is 2.39. The van der Waals surface area contributed by atoms with Crippen LogP contribution in [0.1, 0.15) is 185 Å². The number of fused-ring (bicyclic) bond motifs is 1. The Balaban J connectivity index is 0.000000126. The molecule has 4 aliphatic carbocycles. The molecule has 9 fully saturated rings. The minimum absolute atomic E-state index is 0.207. The molecule has 24 nitrogen and oxygen atoms in total. The van der Waals surface area contributed by atoms with E-state index in [1.54, 1.807) is 73.7 Å². The molecule has 14 heterocycles. The number of nitrogens with two attached hydrogens (primary N) is 1. The van der Waals surface area contributed by atoms with E-state index < -0.39 is 12.6 Å². The molecule has 0 radical (unpaired) electrons. The number of aromatic nitrogens is 8. The number of allylic oxidation sites excluding steroid dienone is 1. The van der Waals surface area contributed by atoms with Crippen LogP contribution in [0.15, 0.2) is 171 Å². The second-order valence-electron chi connectivity index (χ2n) is 27.0. The molecule has 8 aromatic rings. The molecule has 27 heteroatoms. The number of Topliss-reactive ketones (excluding diaryl/α,β-unsaturated/α-hetero) is 1. The van der Waals surface area contributed by atoms with E-state index in [-0.39, 0.29) is 30.6 Å². The van der Waals surface area contributed by atoms with Crippen LogP contribution in [0.5, 0.6) is 0 Å². The van der Waals surface area contributed by atoms with Crippen molar-refractivity contribution in [3.8, 4) is 0 Å². The van der Waals surface area contributed by atoms with Crippen LogP contribution < -0.4 is 5.73 Å². The van der Waals surface area contributed by atoms with Crippen LogP contribution in [0.2, 0.25) is 0 Å². The number of carbonyl (C=O) groups excluding carboxylic acids is 4. The van der Waals surface area contributed by atoms with Gasteiger partial charge in [0.25, 0.3) is 0 Å². The van der Waals surface area contributed by atoms with Gasteiger partial charge >= 0.3 is 0 Å². The average Bonchev–Trinajstić information content (AvgIpc) is 1.91. The summed E-state index contributed by atoms with van der Waals surface area (Å²) in [5, 5.41) is 0. The molecule has 0 aromatic carbocycles. The van der Waals surface area contributed by atoms with Crippen LogP contribution >= 0.6 is 47.8 Å². The average molecular weight is 1690 g/mol. The lowest BCUT2D eigenvalue weighted by Gasteiger charge is -2.15. The van der Waals surface area contributed by atoms with Gasteiger partial charge in [-0.25, -0.2) is 0 Å². The van der Waals surface area contributed by atoms with Crippen LogP contribution in [0.3, 0.4) is 0 Å². The maximum Gasteiger partial charge on any atom is 0.202 e. The van der Waals surface area contributed by atoms with Gasteiger partial charge in [0, 0.05) is 105 Å². The predicted molar refractivity (Wildman–Crippen MR) is 420 cm³/mol. The van der Waals surface area contributed by atoms with E-state index in [1.807, 2.05) is 86.1 Å². The van der Waals surface area contributed by atoms with Gasteiger partial charge in [0.1, 0.15) is 28.6 Å². The minimum atomic E-state index is -0.471. The Kier molecular flexibility index (Phi) is 33.7. The molecule has 18 rings (SSSR count). The fourth-order valence-corrected chi connectivity index (χ4v) is 13.2. The quantitative estimate of drug-likeness (QED) is 0.0581. The standard InChI is InChI=1S/C14H20N2O2.C14H17NO3.C14H15NO3.C12H14N2.C9H9NO3.C8H8BrNO2.C6H4BrNO.C6H6BrN/c15-12(10-3-4-10)6-5-11-2-1-7-16-13(11)14-17-8-9-18-14;2*16-12(10-3-4-10)6-5-11-2-1-7-15-13(11)14-17-8-9-18-14;1-2-9-5-6-11(10-3-4-10)14-8-12(9)13-7-1;11-6-7-2-1-3-10-8(7)9-12-4-5-13-9;9-6-2-1-3-10-7(6)8-11-4-5-12-8;7-5-2-1-3-8-6(5)4-9;1-5-6(7)3-2-4-8-5/h1-2,7,10,12,14H,3-6,8-9,15H2;1-2,7,10,14H,3-6,8-9H2;1-2,5-7,10,14H,3-4,8-9H2;1-2,7-8,10-11H,3-6H2;1-3,6,9H,4-5H2;1-3,8H,4-5H2;1-4H;2-4H,1H3/b;;6-5+;;;;;. The van der Waals surface area contributed by atoms with Gasteiger partial charge in [-0.05, 0) is 252 Å². The number of aldehydes is 2. The van der Waals surface area contributed by atoms with Crippen LogP contribution in [0.4, 0.5) is 0 Å². The molecule has 8 aromatic heterocycles. The van der Waals surface area contributed by atoms with Crippen molar-refractivity contribution in [2.75, 3.05) is 66.1 Å². The highest BCUT2D eigenvalue weighted by Gasteiger charge is 2.34. The molecular formula is C83H93Br3N10O14. The van der Waals surface area contributed by atoms with Crippen LogP contribution in [0.25, 0.3) is 6.08 Å². The zero-order chi connectivity index (χ0) is 76.7. The highest BCUT2D eigenvalue weighted by atomic mass is 79.9. The number of aliphatic imine (C=N–C) groups is 1. The Morgan fingerprint density at radius 2 is 0.909 bits per heavy atom. The van der Waals surface area contributed by atoms with Crippen LogP contribution in [-0.4, -0.2) is 148 Å². The molecule has 10 aliphatic rings. The molecule has 0 spiro atoms. The summed E-state index contributed by atoms with van der Waals surface area (Å²) in [4.78, 5) is 82.2. The fraction of sp³-hybridized carbons (Fsp3) is 0.434. The molecule has 0 amide bonds. The molecule has 5 saturated heterocycles. The van der Waals surface area contributed by atoms with Gasteiger partial charge in [-0.2, -0.15) is 0 Å². The molecule has 4 saturated carbocycles. The normalized spacial score (nSPS) is 19.1. The lowest BCUT2D eigenvalue weighted by molar-refractivity contribution is -0.120. The summed E-state index contributed by atoms with van der Waals surface area (Å²) in [6, 6.07) is 31.4. The number of hydrogen-bond acceptors (Lipinski definition) is 24. The van der Waals surface area contributed by atoms with Crippen molar-refractivity contribution in [2.45, 2.75) is 140 Å². The first-order valence-corrected chi connectivity index (χ1v) is 39.9. The van der Waals surface area contributed by atoms with Crippen molar-refractivity contribution >= 4 is 84.2 Å². The number of ketones is 2. The number of rotatable bonds is 19. The van der Waals surface area contributed by atoms with Gasteiger partial charge < -0.3 is 53.1 Å². The van der Waals surface area contributed by atoms with E-state index in [9.17, 15) is 19.2 Å². The van der Waals surface area contributed by atoms with E-state index in [4.69, 9.17) is 53.1 Å². The Morgan fingerprint density at radius 1 is 0.464 bits per heavy atom. The fourth-order valence-electron chi connectivity index (χ4n) is 12.1. The second kappa shape index (κ2) is 44.5. The zero-order valence-corrected chi connectivity index (χ0v) is 66.3. The Morgan fingerprint density at radius 3 is 1.39 bits per heavy atom. The SMILES string of the molecule is Brc1cccnc1C1OCCO1.C1=NC(C2CC2)CCc2cccnc21.Cc1ncccc1Br.NC(CCc1cccnc1C1OCCO1)C1CC1.O=C(/C=C/c1cccnc1C1OCCO1)C1CC1.O=C(CCc1cccnc1C1OCCO1)C1CC1.O=Cc1cccnc1C1OCCO1.O=Cc1ncccc1Br. The number of aryl methyl sites for hydroxylation is 4. The lowest BCUT2D eigenvalue weighted by Crippen LogP contribution is -2.23. The Hall–Kier alpha value is -7.71. The van der Waals surface area contributed by atoms with Crippen LogP contribution in [0, 0.1) is 30.6 Å². The number of carbonyl (C=O) groups is 4. The molecule has 110 heavy (non-hydrogen) atoms. The van der Waals surface area contributed by atoms with Crippen molar-refractivity contribution in [1.29, 1.82) is 0 Å². The maximum atomic E-state index is 11.7. The maximum absolute atomic E-state index is 11.7. The number of nitrogens with zero attached hydrogens (tertiary/aromatic N) is 9. The smallest absolute Gasteiger partial charge is 0.202 e. The monoisotopic (exact) mass is 1690 g/mol. The summed E-state index contributed by atoms with van der Waals surface area (Å²) >= 11 is 9.88. The van der Waals surface area contributed by atoms with Crippen molar-refractivity contribution in [2.24, 2.45) is 34.4 Å². The van der Waals surface area contributed by atoms with Crippen LogP contribution in [-0.2, 0) is 76.2 Å². The van der Waals surface area contributed by atoms with E-state index >= 15 is 0 Å². The zero-order valence-electron chi connectivity index (χ0n) is 61.5. The Labute approximate surface area is 666 Å². The number of ether oxygens (including phenoxy) is 10. The van der Waals surface area contributed by atoms with E-state index in [0.717, 1.165) is 128 Å². The number of hydrogen-bond donors (Lipinski definition) is 1. The van der Waals surface area contributed by atoms with Gasteiger partial charge in [-0.1, -0.05) is 24.3 Å². The summed E-state index contributed by atoms with van der Waals surface area (Å²) in [5.41, 5.74) is 17.6. The lowest BCUT2D eigenvalue weighted by atomic mass is 10.0. The highest BCUT2D eigenvalue weighted by molar-refractivity contribution is 9.11. The summed E-state index contributed by atoms with van der Waals surface area (Å²) in [6.07, 6.45) is 34.2. The van der Waals surface area contributed by atoms with E-state index in [1.165, 1.54) is 43.2 Å². The molecule has 2 atom stereocenters. The summed E-state index contributed by atoms with van der Waals surface area (Å²) in [7, 11) is 0. The van der Waals surface area contributed by atoms with Gasteiger partial charge in [0.15, 0.2) is 18.4 Å². The number of halogens is 3. The minimum Gasteiger partial charge on any atom is -0.345 e. The van der Waals surface area contributed by atoms with E-state index in [0.29, 0.717) is 120 Å². The summed E-state index contributed by atoms with van der Waals surface area (Å²) in [6.45, 7) is 8.08. The first kappa shape index (κ1) is 83.2. The third-order valence-electron chi connectivity index (χ3n) is 18.8. The van der Waals surface area contributed by atoms with Gasteiger partial charge in [0.2, 0.25) is 31.5 Å². The number of pyridine rings is 8. The first-order valence-electron chi connectivity index (χ1n) is 37.5. The molecule has 6 aliphatic heterocycles. The molecule has 2 unspecified atom stereocenters. The van der Waals surface area contributed by atoms with Crippen molar-refractivity contribution in [1.82, 2.24) is 39.9 Å². The van der Waals surface area contributed by atoms with E-state index in [2.05, 4.69) is 105 Å².